The predicted molar refractivity (Wildman–Crippen MR) is 76.2 cm³/mol. The van der Waals surface area contributed by atoms with Gasteiger partial charge in [-0.3, -0.25) is 0 Å². The van der Waals surface area contributed by atoms with E-state index < -0.39 is 29.9 Å². The third kappa shape index (κ3) is 3.85. The first kappa shape index (κ1) is 16.5. The second kappa shape index (κ2) is 7.40. The van der Waals surface area contributed by atoms with Gasteiger partial charge in [-0.1, -0.05) is 12.8 Å². The van der Waals surface area contributed by atoms with Crippen molar-refractivity contribution in [2.24, 2.45) is 5.73 Å². The van der Waals surface area contributed by atoms with Gasteiger partial charge in [0.15, 0.2) is 0 Å². The van der Waals surface area contributed by atoms with E-state index in [1.165, 1.54) is 11.8 Å². The Labute approximate surface area is 123 Å². The lowest BCUT2D eigenvalue weighted by atomic mass is 10.0. The van der Waals surface area contributed by atoms with E-state index in [1.807, 2.05) is 0 Å². The van der Waals surface area contributed by atoms with Crippen LogP contribution in [0.3, 0.4) is 0 Å². The molecule has 6 nitrogen and oxygen atoms in total. The highest BCUT2D eigenvalue weighted by Crippen LogP contribution is 2.35. The molecule has 118 valence electrons. The number of hydrogen-bond acceptors (Lipinski definition) is 7. The van der Waals surface area contributed by atoms with Crippen LogP contribution in [0.4, 0.5) is 0 Å². The molecule has 1 aliphatic heterocycles. The molecule has 0 aromatic carbocycles. The maximum Gasteiger partial charge on any atom is 0.132 e. The summed E-state index contributed by atoms with van der Waals surface area (Å²) in [5.74, 6) is 0. The van der Waals surface area contributed by atoms with Gasteiger partial charge in [0.05, 0.1) is 6.61 Å². The van der Waals surface area contributed by atoms with Crippen LogP contribution in [0.25, 0.3) is 0 Å². The maximum absolute atomic E-state index is 10.0. The minimum Gasteiger partial charge on any atom is -0.394 e. The molecule has 2 fully saturated rings. The van der Waals surface area contributed by atoms with Crippen LogP contribution >= 0.6 is 11.8 Å². The van der Waals surface area contributed by atoms with Crippen molar-refractivity contribution in [3.05, 3.63) is 0 Å². The van der Waals surface area contributed by atoms with E-state index in [0.29, 0.717) is 0 Å². The number of thioether (sulfide) groups is 1. The van der Waals surface area contributed by atoms with Gasteiger partial charge in [-0.2, -0.15) is 0 Å². The molecule has 1 heterocycles. The molecule has 0 aromatic heterocycles. The highest BCUT2D eigenvalue weighted by molar-refractivity contribution is 8.00. The van der Waals surface area contributed by atoms with Gasteiger partial charge in [0, 0.05) is 11.3 Å². The second-order valence-corrected chi connectivity index (χ2v) is 7.14. The van der Waals surface area contributed by atoms with Crippen LogP contribution in [-0.4, -0.2) is 68.2 Å². The topological polar surface area (TPSA) is 116 Å². The minimum atomic E-state index is -1.29. The smallest absolute Gasteiger partial charge is 0.132 e. The quantitative estimate of drug-likeness (QED) is 0.433. The van der Waals surface area contributed by atoms with E-state index in [4.69, 9.17) is 15.6 Å². The summed E-state index contributed by atoms with van der Waals surface area (Å²) in [7, 11) is 0. The molecule has 6 N–H and O–H groups in total. The van der Waals surface area contributed by atoms with Crippen molar-refractivity contribution in [1.82, 2.24) is 0 Å². The summed E-state index contributed by atoms with van der Waals surface area (Å²) in [5, 5.41) is 39.0. The van der Waals surface area contributed by atoms with E-state index >= 15 is 0 Å². The number of nitrogens with two attached hydrogens (primary N) is 1. The van der Waals surface area contributed by atoms with E-state index in [2.05, 4.69) is 0 Å². The van der Waals surface area contributed by atoms with Crippen molar-refractivity contribution in [2.45, 2.75) is 73.2 Å². The van der Waals surface area contributed by atoms with Crippen LogP contribution < -0.4 is 5.73 Å². The zero-order valence-electron chi connectivity index (χ0n) is 11.5. The van der Waals surface area contributed by atoms with Crippen molar-refractivity contribution in [3.8, 4) is 0 Å². The molecular formula is C13H25NO5S. The fourth-order valence-corrected chi connectivity index (χ4v) is 4.41. The van der Waals surface area contributed by atoms with Gasteiger partial charge in [0.2, 0.25) is 0 Å². The van der Waals surface area contributed by atoms with Crippen LogP contribution in [0.15, 0.2) is 0 Å². The van der Waals surface area contributed by atoms with Crippen LogP contribution in [-0.2, 0) is 4.74 Å². The van der Waals surface area contributed by atoms with Gasteiger partial charge < -0.3 is 30.9 Å². The predicted octanol–water partition coefficient (Wildman–Crippen LogP) is -0.821. The van der Waals surface area contributed by atoms with Gasteiger partial charge in [-0.05, 0) is 19.3 Å². The first-order valence-corrected chi connectivity index (χ1v) is 8.18. The lowest BCUT2D eigenvalue weighted by Crippen LogP contribution is -2.57. The maximum atomic E-state index is 10.0. The van der Waals surface area contributed by atoms with E-state index in [9.17, 15) is 15.3 Å². The van der Waals surface area contributed by atoms with E-state index in [1.54, 1.807) is 0 Å². The average molecular weight is 307 g/mol. The highest BCUT2D eigenvalue weighted by atomic mass is 32.2. The molecule has 20 heavy (non-hydrogen) atoms. The van der Waals surface area contributed by atoms with Gasteiger partial charge in [-0.15, -0.1) is 11.8 Å². The Morgan fingerprint density at radius 2 is 1.75 bits per heavy atom. The normalized spacial score (nSPS) is 47.0. The Morgan fingerprint density at radius 1 is 1.05 bits per heavy atom. The fourth-order valence-electron chi connectivity index (χ4n) is 2.84. The molecule has 2 rings (SSSR count). The average Bonchev–Trinajstić information content (AvgIpc) is 2.63. The van der Waals surface area contributed by atoms with Crippen molar-refractivity contribution < 1.29 is 25.2 Å². The first-order valence-electron chi connectivity index (χ1n) is 7.24. The number of aliphatic hydroxyl groups excluding tert-OH is 4. The molecule has 1 saturated heterocycles. The molecule has 7 heteroatoms. The summed E-state index contributed by atoms with van der Waals surface area (Å²) in [6.07, 6.45) is 0.540. The van der Waals surface area contributed by atoms with Crippen molar-refractivity contribution in [1.29, 1.82) is 0 Å². The number of rotatable bonds is 3. The molecular weight excluding hydrogens is 282 g/mol. The van der Waals surface area contributed by atoms with Crippen LogP contribution in [0, 0.1) is 0 Å². The molecule has 0 amide bonds. The summed E-state index contributed by atoms with van der Waals surface area (Å²) in [6.45, 7) is -0.383. The van der Waals surface area contributed by atoms with Crippen molar-refractivity contribution in [3.63, 3.8) is 0 Å². The zero-order chi connectivity index (χ0) is 14.7. The molecule has 7 atom stereocenters. The zero-order valence-corrected chi connectivity index (χ0v) is 12.3. The molecule has 0 aromatic rings. The number of ether oxygens (including phenoxy) is 1. The SMILES string of the molecule is NC1CCCCC(S[C@@H]2OC(CO)[C@H](O)C(O)C2O)C1. The third-order valence-corrected chi connectivity index (χ3v) is 5.56. The van der Waals surface area contributed by atoms with Crippen LogP contribution in [0.1, 0.15) is 32.1 Å². The molecule has 1 saturated carbocycles. The lowest BCUT2D eigenvalue weighted by molar-refractivity contribution is -0.205. The van der Waals surface area contributed by atoms with Crippen LogP contribution in [0.2, 0.25) is 0 Å². The summed E-state index contributed by atoms with van der Waals surface area (Å²) in [6, 6.07) is 0.167. The van der Waals surface area contributed by atoms with Gasteiger partial charge in [0.25, 0.3) is 0 Å². The fraction of sp³-hybridized carbons (Fsp3) is 1.00. The minimum absolute atomic E-state index is 0.167. The molecule has 0 bridgehead atoms. The number of aliphatic hydroxyl groups is 4. The molecule has 2 aliphatic rings. The lowest BCUT2D eigenvalue weighted by Gasteiger charge is -2.40. The molecule has 0 radical (unpaired) electrons. The van der Waals surface area contributed by atoms with Gasteiger partial charge in [0.1, 0.15) is 29.9 Å². The number of hydrogen-bond donors (Lipinski definition) is 5. The van der Waals surface area contributed by atoms with E-state index in [0.717, 1.165) is 32.1 Å². The molecule has 1 aliphatic carbocycles. The second-order valence-electron chi connectivity index (χ2n) is 5.74. The standard InChI is InChI=1S/C13H25NO5S/c14-7-3-1-2-4-8(5-7)20-13-12(18)11(17)10(16)9(6-15)19-13/h7-13,15-18H,1-6,14H2/t7?,8?,9?,10-,11?,12?,13-/m0/s1. The Balaban J connectivity index is 1.96. The Kier molecular flexibility index (Phi) is 6.09. The van der Waals surface area contributed by atoms with Crippen molar-refractivity contribution >= 4 is 11.8 Å². The van der Waals surface area contributed by atoms with E-state index in [-0.39, 0.29) is 17.9 Å². The highest BCUT2D eigenvalue weighted by Gasteiger charge is 2.44. The Hall–Kier alpha value is 0.110. The van der Waals surface area contributed by atoms with Gasteiger partial charge >= 0.3 is 0 Å². The molecule has 0 spiro atoms. The monoisotopic (exact) mass is 307 g/mol. The summed E-state index contributed by atoms with van der Waals surface area (Å²) in [5.41, 5.74) is 5.38. The first-order chi connectivity index (χ1) is 9.52. The summed E-state index contributed by atoms with van der Waals surface area (Å²) < 4.78 is 5.52. The largest absolute Gasteiger partial charge is 0.394 e. The Bertz CT molecular complexity index is 306. The summed E-state index contributed by atoms with van der Waals surface area (Å²) >= 11 is 1.46. The third-order valence-electron chi connectivity index (χ3n) is 4.09. The van der Waals surface area contributed by atoms with Gasteiger partial charge in [-0.25, -0.2) is 0 Å². The van der Waals surface area contributed by atoms with Crippen molar-refractivity contribution in [2.75, 3.05) is 6.61 Å². The van der Waals surface area contributed by atoms with Crippen LogP contribution in [0.5, 0.6) is 0 Å². The molecule has 5 unspecified atom stereocenters. The Morgan fingerprint density at radius 3 is 2.45 bits per heavy atom. The summed E-state index contributed by atoms with van der Waals surface area (Å²) in [4.78, 5) is 0.